The second-order valence-electron chi connectivity index (χ2n) is 7.54. The number of carbonyl (C=O) groups is 1. The lowest BCUT2D eigenvalue weighted by atomic mass is 10.2. The Balaban J connectivity index is 1.96. The maximum Gasteiger partial charge on any atom is 0.412 e. The summed E-state index contributed by atoms with van der Waals surface area (Å²) in [5.74, 6) is 0.602. The first kappa shape index (κ1) is 19.9. The van der Waals surface area contributed by atoms with Gasteiger partial charge in [-0.25, -0.2) is 9.78 Å². The van der Waals surface area contributed by atoms with E-state index in [-0.39, 0.29) is 5.56 Å². The molecule has 0 saturated carbocycles. The fourth-order valence-electron chi connectivity index (χ4n) is 2.84. The normalized spacial score (nSPS) is 11.5. The Bertz CT molecular complexity index is 1100. The van der Waals surface area contributed by atoms with E-state index in [2.05, 4.69) is 10.3 Å². The van der Waals surface area contributed by atoms with Gasteiger partial charge < -0.3 is 4.74 Å². The van der Waals surface area contributed by atoms with Crippen LogP contribution >= 0.6 is 11.6 Å². The smallest absolute Gasteiger partial charge is 0.412 e. The molecule has 0 bridgehead atoms. The van der Waals surface area contributed by atoms with Crippen molar-refractivity contribution in [3.05, 3.63) is 69.2 Å². The summed E-state index contributed by atoms with van der Waals surface area (Å²) in [5, 5.41) is 3.68. The van der Waals surface area contributed by atoms with Crippen molar-refractivity contribution >= 4 is 34.3 Å². The SMILES string of the molecule is Cc1nc2ccc(NC(=O)OC(C)(C)C)cc2c(=O)n1Cc1cccc(Cl)c1. The second-order valence-corrected chi connectivity index (χ2v) is 7.98. The number of nitrogens with zero attached hydrogens (tertiary/aromatic N) is 2. The number of rotatable bonds is 3. The first-order valence-electron chi connectivity index (χ1n) is 8.88. The van der Waals surface area contributed by atoms with Crippen LogP contribution in [-0.2, 0) is 11.3 Å². The van der Waals surface area contributed by atoms with Crippen molar-refractivity contribution in [1.29, 1.82) is 0 Å². The number of hydrogen-bond acceptors (Lipinski definition) is 4. The van der Waals surface area contributed by atoms with Crippen molar-refractivity contribution in [1.82, 2.24) is 9.55 Å². The number of halogens is 1. The van der Waals surface area contributed by atoms with E-state index < -0.39 is 11.7 Å². The number of hydrogen-bond donors (Lipinski definition) is 1. The van der Waals surface area contributed by atoms with E-state index in [1.807, 2.05) is 18.2 Å². The molecule has 3 rings (SSSR count). The molecule has 6 nitrogen and oxygen atoms in total. The van der Waals surface area contributed by atoms with Crippen LogP contribution in [0.5, 0.6) is 0 Å². The maximum atomic E-state index is 13.1. The Hall–Kier alpha value is -2.86. The third-order valence-electron chi connectivity index (χ3n) is 4.02. The lowest BCUT2D eigenvalue weighted by molar-refractivity contribution is 0.0636. The molecule has 2 aromatic carbocycles. The molecule has 146 valence electrons. The average molecular weight is 400 g/mol. The summed E-state index contributed by atoms with van der Waals surface area (Å²) in [6, 6.07) is 12.4. The molecule has 0 radical (unpaired) electrons. The van der Waals surface area contributed by atoms with Crippen molar-refractivity contribution in [2.24, 2.45) is 0 Å². The number of carbonyl (C=O) groups excluding carboxylic acids is 1. The first-order valence-corrected chi connectivity index (χ1v) is 9.26. The summed E-state index contributed by atoms with van der Waals surface area (Å²) in [7, 11) is 0. The van der Waals surface area contributed by atoms with Gasteiger partial charge >= 0.3 is 6.09 Å². The van der Waals surface area contributed by atoms with E-state index in [0.29, 0.717) is 34.0 Å². The highest BCUT2D eigenvalue weighted by molar-refractivity contribution is 6.30. The minimum absolute atomic E-state index is 0.185. The maximum absolute atomic E-state index is 13.1. The molecule has 1 heterocycles. The van der Waals surface area contributed by atoms with E-state index in [4.69, 9.17) is 16.3 Å². The van der Waals surface area contributed by atoms with Crippen LogP contribution in [0, 0.1) is 6.92 Å². The molecule has 0 atom stereocenters. The molecule has 3 aromatic rings. The van der Waals surface area contributed by atoms with Crippen LogP contribution in [0.25, 0.3) is 10.9 Å². The molecule has 7 heteroatoms. The standard InChI is InChI=1S/C21H22ClN3O3/c1-13-23-18-9-8-16(24-20(27)28-21(2,3)4)11-17(18)19(26)25(13)12-14-6-5-7-15(22)10-14/h5-11H,12H2,1-4H3,(H,24,27). The summed E-state index contributed by atoms with van der Waals surface area (Å²) < 4.78 is 6.84. The zero-order valence-corrected chi connectivity index (χ0v) is 17.0. The van der Waals surface area contributed by atoms with Gasteiger partial charge in [-0.15, -0.1) is 0 Å². The molecule has 0 aliphatic heterocycles. The zero-order chi connectivity index (χ0) is 20.5. The van der Waals surface area contributed by atoms with Gasteiger partial charge in [-0.3, -0.25) is 14.7 Å². The van der Waals surface area contributed by atoms with Gasteiger partial charge in [0.25, 0.3) is 5.56 Å². The number of aryl methyl sites for hydroxylation is 1. The molecule has 0 saturated heterocycles. The van der Waals surface area contributed by atoms with Crippen molar-refractivity contribution in [3.63, 3.8) is 0 Å². The quantitative estimate of drug-likeness (QED) is 0.689. The van der Waals surface area contributed by atoms with E-state index in [1.165, 1.54) is 0 Å². The minimum Gasteiger partial charge on any atom is -0.444 e. The fourth-order valence-corrected chi connectivity index (χ4v) is 3.05. The van der Waals surface area contributed by atoms with Gasteiger partial charge in [0.1, 0.15) is 11.4 Å². The number of aromatic nitrogens is 2. The molecule has 1 amide bonds. The van der Waals surface area contributed by atoms with Crippen LogP contribution in [-0.4, -0.2) is 21.2 Å². The van der Waals surface area contributed by atoms with E-state index in [9.17, 15) is 9.59 Å². The van der Waals surface area contributed by atoms with Gasteiger partial charge in [0.15, 0.2) is 0 Å². The summed E-state index contributed by atoms with van der Waals surface area (Å²) in [6.07, 6.45) is -0.578. The number of nitrogens with one attached hydrogen (secondary N) is 1. The van der Waals surface area contributed by atoms with Crippen LogP contribution in [0.15, 0.2) is 47.3 Å². The number of fused-ring (bicyclic) bond motifs is 1. The van der Waals surface area contributed by atoms with Crippen LogP contribution < -0.4 is 10.9 Å². The van der Waals surface area contributed by atoms with Crippen molar-refractivity contribution in [3.8, 4) is 0 Å². The van der Waals surface area contributed by atoms with Gasteiger partial charge in [-0.1, -0.05) is 23.7 Å². The third-order valence-corrected chi connectivity index (χ3v) is 4.26. The molecule has 0 aliphatic carbocycles. The zero-order valence-electron chi connectivity index (χ0n) is 16.2. The molecule has 0 unspecified atom stereocenters. The molecule has 28 heavy (non-hydrogen) atoms. The molecule has 0 spiro atoms. The lowest BCUT2D eigenvalue weighted by Gasteiger charge is -2.19. The Morgan fingerprint density at radius 2 is 1.96 bits per heavy atom. The highest BCUT2D eigenvalue weighted by Crippen LogP contribution is 2.18. The molecular formula is C21H22ClN3O3. The minimum atomic E-state index is -0.608. The van der Waals surface area contributed by atoms with E-state index in [1.54, 1.807) is 56.5 Å². The Kier molecular flexibility index (Phi) is 5.42. The van der Waals surface area contributed by atoms with Crippen LogP contribution in [0.1, 0.15) is 32.2 Å². The Morgan fingerprint density at radius 3 is 2.64 bits per heavy atom. The molecular weight excluding hydrogens is 378 g/mol. The lowest BCUT2D eigenvalue weighted by Crippen LogP contribution is -2.27. The van der Waals surface area contributed by atoms with Crippen LogP contribution in [0.4, 0.5) is 10.5 Å². The third kappa shape index (κ3) is 4.70. The van der Waals surface area contributed by atoms with Gasteiger partial charge in [0, 0.05) is 10.7 Å². The number of amides is 1. The Labute approximate surface area is 168 Å². The summed E-state index contributed by atoms with van der Waals surface area (Å²) in [6.45, 7) is 7.51. The fraction of sp³-hybridized carbons (Fsp3) is 0.286. The second kappa shape index (κ2) is 7.64. The molecule has 1 aromatic heterocycles. The van der Waals surface area contributed by atoms with Crippen molar-refractivity contribution < 1.29 is 9.53 Å². The van der Waals surface area contributed by atoms with Crippen LogP contribution in [0.2, 0.25) is 5.02 Å². The predicted octanol–water partition coefficient (Wildman–Crippen LogP) is 4.75. The monoisotopic (exact) mass is 399 g/mol. The summed E-state index contributed by atoms with van der Waals surface area (Å²) >= 11 is 6.05. The predicted molar refractivity (Wildman–Crippen MR) is 111 cm³/mol. The number of benzene rings is 2. The van der Waals surface area contributed by atoms with Gasteiger partial charge in [0.2, 0.25) is 0 Å². The molecule has 1 N–H and O–H groups in total. The largest absolute Gasteiger partial charge is 0.444 e. The van der Waals surface area contributed by atoms with Crippen molar-refractivity contribution in [2.45, 2.75) is 39.8 Å². The van der Waals surface area contributed by atoms with Gasteiger partial charge in [-0.05, 0) is 63.6 Å². The van der Waals surface area contributed by atoms with E-state index >= 15 is 0 Å². The highest BCUT2D eigenvalue weighted by Gasteiger charge is 2.17. The highest BCUT2D eigenvalue weighted by atomic mass is 35.5. The number of ether oxygens (including phenoxy) is 1. The summed E-state index contributed by atoms with van der Waals surface area (Å²) in [4.78, 5) is 29.6. The average Bonchev–Trinajstić information content (AvgIpc) is 2.57. The molecule has 0 aliphatic rings. The topological polar surface area (TPSA) is 73.2 Å². The van der Waals surface area contributed by atoms with E-state index in [0.717, 1.165) is 5.56 Å². The summed E-state index contributed by atoms with van der Waals surface area (Å²) in [5.41, 5.74) is 1.15. The van der Waals surface area contributed by atoms with Crippen LogP contribution in [0.3, 0.4) is 0 Å². The number of anilines is 1. The van der Waals surface area contributed by atoms with Crippen molar-refractivity contribution in [2.75, 3.05) is 5.32 Å². The first-order chi connectivity index (χ1) is 13.1. The molecule has 0 fully saturated rings. The Morgan fingerprint density at radius 1 is 1.21 bits per heavy atom. The van der Waals surface area contributed by atoms with Gasteiger partial charge in [-0.2, -0.15) is 0 Å². The van der Waals surface area contributed by atoms with Gasteiger partial charge in [0.05, 0.1) is 17.4 Å².